The molecule has 1 atom stereocenters. The summed E-state index contributed by atoms with van der Waals surface area (Å²) in [6.45, 7) is 11.8. The van der Waals surface area contributed by atoms with Gasteiger partial charge in [0.25, 0.3) is 0 Å². The molecule has 0 aromatic heterocycles. The van der Waals surface area contributed by atoms with E-state index in [0.717, 1.165) is 28.7 Å². The number of rotatable bonds is 9. The van der Waals surface area contributed by atoms with Crippen molar-refractivity contribution in [1.29, 1.82) is 0 Å². The molecule has 7 heteroatoms. The highest BCUT2D eigenvalue weighted by atomic mass is 32.2. The topological polar surface area (TPSA) is 84.5 Å². The highest BCUT2D eigenvalue weighted by Crippen LogP contribution is 2.23. The molecule has 0 saturated carbocycles. The van der Waals surface area contributed by atoms with Crippen LogP contribution in [0.5, 0.6) is 0 Å². The molecule has 32 heavy (non-hydrogen) atoms. The van der Waals surface area contributed by atoms with E-state index < -0.39 is 27.0 Å². The number of ether oxygens (including phenoxy) is 1. The second-order valence-electron chi connectivity index (χ2n) is 9.34. The van der Waals surface area contributed by atoms with Crippen LogP contribution in [-0.2, 0) is 21.2 Å². The summed E-state index contributed by atoms with van der Waals surface area (Å²) in [5, 5.41) is 2.34. The van der Waals surface area contributed by atoms with Crippen LogP contribution in [-0.4, -0.2) is 38.5 Å². The molecule has 0 aliphatic carbocycles. The van der Waals surface area contributed by atoms with Gasteiger partial charge in [-0.3, -0.25) is 0 Å². The highest BCUT2D eigenvalue weighted by molar-refractivity contribution is 7.90. The van der Waals surface area contributed by atoms with E-state index in [-0.39, 0.29) is 5.92 Å². The molecule has 0 heterocycles. The fourth-order valence-electron chi connectivity index (χ4n) is 3.02. The molecule has 0 radical (unpaired) electrons. The van der Waals surface area contributed by atoms with E-state index in [1.54, 1.807) is 13.8 Å². The van der Waals surface area contributed by atoms with Crippen molar-refractivity contribution in [3.05, 3.63) is 59.7 Å². The van der Waals surface area contributed by atoms with Gasteiger partial charge in [0, 0.05) is 13.1 Å². The first-order chi connectivity index (χ1) is 14.9. The lowest BCUT2D eigenvalue weighted by Gasteiger charge is -2.19. The maximum atomic E-state index is 11.9. The number of nitrogens with one attached hydrogen (secondary N) is 2. The Labute approximate surface area is 192 Å². The van der Waals surface area contributed by atoms with Crippen molar-refractivity contribution in [3.8, 4) is 11.1 Å². The number of hydrogen-bond acceptors (Lipinski definition) is 4. The van der Waals surface area contributed by atoms with E-state index in [4.69, 9.17) is 4.74 Å². The van der Waals surface area contributed by atoms with E-state index >= 15 is 0 Å². The van der Waals surface area contributed by atoms with Gasteiger partial charge in [0.15, 0.2) is 0 Å². The molecule has 0 spiro atoms. The van der Waals surface area contributed by atoms with Gasteiger partial charge in [-0.25, -0.2) is 17.9 Å². The summed E-state index contributed by atoms with van der Waals surface area (Å²) >= 11 is 0. The summed E-state index contributed by atoms with van der Waals surface area (Å²) in [6.07, 6.45) is 0.322. The smallest absolute Gasteiger partial charge is 0.407 e. The predicted molar refractivity (Wildman–Crippen MR) is 130 cm³/mol. The molecule has 1 amide bonds. The van der Waals surface area contributed by atoms with Crippen molar-refractivity contribution < 1.29 is 17.9 Å². The van der Waals surface area contributed by atoms with Gasteiger partial charge in [0.1, 0.15) is 5.60 Å². The Morgan fingerprint density at radius 2 is 1.47 bits per heavy atom. The standard InChI is InChI=1S/C25H36N2O4S/c1-18(2)32(29,30)27-17-19(3)21-11-13-23(14-12-21)22-9-7-20(8-10-22)15-16-26-24(28)31-25(4,5)6/h7-14,18-19,27H,15-17H2,1-6H3,(H,26,28). The second kappa shape index (κ2) is 11.0. The molecule has 2 N–H and O–H groups in total. The molecule has 176 valence electrons. The lowest BCUT2D eigenvalue weighted by atomic mass is 9.97. The molecule has 6 nitrogen and oxygen atoms in total. The van der Waals surface area contributed by atoms with E-state index in [0.29, 0.717) is 13.1 Å². The maximum Gasteiger partial charge on any atom is 0.407 e. The summed E-state index contributed by atoms with van der Waals surface area (Å²) in [5.41, 5.74) is 3.93. The van der Waals surface area contributed by atoms with Crippen LogP contribution in [0, 0.1) is 0 Å². The zero-order chi connectivity index (χ0) is 23.9. The Kier molecular flexibility index (Phi) is 8.87. The van der Waals surface area contributed by atoms with Crippen molar-refractivity contribution in [2.24, 2.45) is 0 Å². The molecule has 2 aromatic carbocycles. The Bertz CT molecular complexity index is 976. The van der Waals surface area contributed by atoms with Gasteiger partial charge < -0.3 is 10.1 Å². The monoisotopic (exact) mass is 460 g/mol. The van der Waals surface area contributed by atoms with Crippen molar-refractivity contribution in [3.63, 3.8) is 0 Å². The van der Waals surface area contributed by atoms with Crippen molar-refractivity contribution >= 4 is 16.1 Å². The normalized spacial score (nSPS) is 13.1. The van der Waals surface area contributed by atoms with Gasteiger partial charge in [-0.2, -0.15) is 0 Å². The number of alkyl carbamates (subject to hydrolysis) is 1. The van der Waals surface area contributed by atoms with Crippen LogP contribution < -0.4 is 10.0 Å². The number of sulfonamides is 1. The second-order valence-corrected chi connectivity index (χ2v) is 11.7. The molecule has 0 aliphatic heterocycles. The Balaban J connectivity index is 1.89. The molecular weight excluding hydrogens is 424 g/mol. The molecule has 1 unspecified atom stereocenters. The number of carbonyl (C=O) groups excluding carboxylic acids is 1. The fraction of sp³-hybridized carbons (Fsp3) is 0.480. The first-order valence-electron chi connectivity index (χ1n) is 11.0. The third kappa shape index (κ3) is 8.28. The van der Waals surface area contributed by atoms with E-state index in [2.05, 4.69) is 46.4 Å². The lowest BCUT2D eigenvalue weighted by molar-refractivity contribution is 0.0528. The summed E-state index contributed by atoms with van der Waals surface area (Å²) in [6, 6.07) is 16.5. The minimum Gasteiger partial charge on any atom is -0.444 e. The van der Waals surface area contributed by atoms with Crippen molar-refractivity contribution in [2.75, 3.05) is 13.1 Å². The quantitative estimate of drug-likeness (QED) is 0.560. The van der Waals surface area contributed by atoms with Crippen LogP contribution >= 0.6 is 0 Å². The molecule has 2 rings (SSSR count). The highest BCUT2D eigenvalue weighted by Gasteiger charge is 2.17. The molecule has 0 fully saturated rings. The zero-order valence-corrected chi connectivity index (χ0v) is 20.8. The number of carbonyl (C=O) groups is 1. The third-order valence-electron chi connectivity index (χ3n) is 5.06. The molecule has 2 aromatic rings. The van der Waals surface area contributed by atoms with Gasteiger partial charge in [0.05, 0.1) is 5.25 Å². The summed E-state index contributed by atoms with van der Waals surface area (Å²) < 4.78 is 31.8. The van der Waals surface area contributed by atoms with Crippen LogP contribution in [0.2, 0.25) is 0 Å². The summed E-state index contributed by atoms with van der Waals surface area (Å²) in [7, 11) is -3.26. The maximum absolute atomic E-state index is 11.9. The van der Waals surface area contributed by atoms with E-state index in [1.165, 1.54) is 0 Å². The lowest BCUT2D eigenvalue weighted by Crippen LogP contribution is -2.33. The van der Waals surface area contributed by atoms with Crippen LogP contribution in [0.1, 0.15) is 58.6 Å². The SMILES string of the molecule is CC(CNS(=O)(=O)C(C)C)c1ccc(-c2ccc(CCNC(=O)OC(C)(C)C)cc2)cc1. The average molecular weight is 461 g/mol. The number of amides is 1. The van der Waals surface area contributed by atoms with Crippen molar-refractivity contribution in [2.45, 2.75) is 64.7 Å². The van der Waals surface area contributed by atoms with Gasteiger partial charge in [-0.05, 0) is 69.2 Å². The van der Waals surface area contributed by atoms with E-state index in [1.807, 2.05) is 39.8 Å². The minimum absolute atomic E-state index is 0.0809. The van der Waals surface area contributed by atoms with Gasteiger partial charge in [0.2, 0.25) is 10.0 Å². The van der Waals surface area contributed by atoms with Crippen molar-refractivity contribution in [1.82, 2.24) is 10.0 Å². The van der Waals surface area contributed by atoms with Crippen LogP contribution in [0.25, 0.3) is 11.1 Å². The molecule has 0 bridgehead atoms. The van der Waals surface area contributed by atoms with Crippen LogP contribution in [0.4, 0.5) is 4.79 Å². The molecular formula is C25H36N2O4S. The van der Waals surface area contributed by atoms with Crippen LogP contribution in [0.15, 0.2) is 48.5 Å². The third-order valence-corrected chi connectivity index (χ3v) is 6.87. The van der Waals surface area contributed by atoms with Gasteiger partial charge in [-0.1, -0.05) is 55.5 Å². The first kappa shape index (κ1) is 25.9. The van der Waals surface area contributed by atoms with E-state index in [9.17, 15) is 13.2 Å². The molecule has 0 aliphatic rings. The predicted octanol–water partition coefficient (Wildman–Crippen LogP) is 4.85. The Morgan fingerprint density at radius 3 is 1.97 bits per heavy atom. The minimum atomic E-state index is -3.26. The average Bonchev–Trinajstić information content (AvgIpc) is 2.71. The Hall–Kier alpha value is -2.38. The fourth-order valence-corrected chi connectivity index (χ4v) is 3.83. The largest absolute Gasteiger partial charge is 0.444 e. The summed E-state index contributed by atoms with van der Waals surface area (Å²) in [5.74, 6) is 0.0809. The molecule has 0 saturated heterocycles. The zero-order valence-electron chi connectivity index (χ0n) is 19.9. The number of hydrogen-bond donors (Lipinski definition) is 2. The Morgan fingerprint density at radius 1 is 0.938 bits per heavy atom. The van der Waals surface area contributed by atoms with Gasteiger partial charge in [-0.15, -0.1) is 0 Å². The van der Waals surface area contributed by atoms with Gasteiger partial charge >= 0.3 is 6.09 Å². The number of benzene rings is 2. The summed E-state index contributed by atoms with van der Waals surface area (Å²) in [4.78, 5) is 11.7. The first-order valence-corrected chi connectivity index (χ1v) is 12.6. The van der Waals surface area contributed by atoms with Crippen LogP contribution in [0.3, 0.4) is 0 Å².